The van der Waals surface area contributed by atoms with Gasteiger partial charge in [-0.05, 0) is 13.3 Å². The summed E-state index contributed by atoms with van der Waals surface area (Å²) in [5, 5.41) is 0. The number of halogens is 1. The lowest BCUT2D eigenvalue weighted by atomic mass is 10.4. The van der Waals surface area contributed by atoms with Crippen LogP contribution < -0.4 is 0 Å². The Morgan fingerprint density at radius 1 is 1.58 bits per heavy atom. The fourth-order valence-corrected chi connectivity index (χ4v) is 3.86. The first-order valence-electron chi connectivity index (χ1n) is 4.32. The summed E-state index contributed by atoms with van der Waals surface area (Å²) in [4.78, 5) is 0. The van der Waals surface area contributed by atoms with Crippen molar-refractivity contribution in [2.75, 3.05) is 6.61 Å². The predicted molar refractivity (Wildman–Crippen MR) is 61.3 cm³/mol. The van der Waals surface area contributed by atoms with Crippen molar-refractivity contribution < 1.29 is 4.74 Å². The zero-order valence-corrected chi connectivity index (χ0v) is 11.1. The Hall–Kier alpha value is 0.397. The molecule has 0 N–H and O–H groups in total. The smallest absolute Gasteiger partial charge is 0.155 e. The SMILES string of the molecule is C=C(C)COC(CC)[Si](C)(C)Br. The lowest BCUT2D eigenvalue weighted by Gasteiger charge is -2.25. The highest BCUT2D eigenvalue weighted by Gasteiger charge is 2.28. The number of ether oxygens (including phenoxy) is 1. The topological polar surface area (TPSA) is 9.23 Å². The average molecular weight is 251 g/mol. The summed E-state index contributed by atoms with van der Waals surface area (Å²) < 4.78 is 5.73. The van der Waals surface area contributed by atoms with Crippen molar-refractivity contribution in [1.29, 1.82) is 0 Å². The van der Waals surface area contributed by atoms with Crippen LogP contribution in [0.5, 0.6) is 0 Å². The van der Waals surface area contributed by atoms with Gasteiger partial charge in [-0.15, -0.1) is 15.3 Å². The van der Waals surface area contributed by atoms with E-state index in [9.17, 15) is 0 Å². The van der Waals surface area contributed by atoms with Gasteiger partial charge in [-0.3, -0.25) is 0 Å². The van der Waals surface area contributed by atoms with Crippen LogP contribution in [-0.4, -0.2) is 19.0 Å². The van der Waals surface area contributed by atoms with Gasteiger partial charge < -0.3 is 4.74 Å². The molecule has 3 heteroatoms. The van der Waals surface area contributed by atoms with Crippen LogP contribution in [0.2, 0.25) is 13.1 Å². The van der Waals surface area contributed by atoms with Crippen LogP contribution in [0.25, 0.3) is 0 Å². The summed E-state index contributed by atoms with van der Waals surface area (Å²) in [6.45, 7) is 11.9. The van der Waals surface area contributed by atoms with Crippen LogP contribution in [-0.2, 0) is 4.74 Å². The molecule has 0 radical (unpaired) electrons. The summed E-state index contributed by atoms with van der Waals surface area (Å²) in [6.07, 6.45) is 1.08. The molecule has 12 heavy (non-hydrogen) atoms. The van der Waals surface area contributed by atoms with Crippen molar-refractivity contribution in [3.05, 3.63) is 12.2 Å². The zero-order chi connectivity index (χ0) is 9.78. The molecular formula is C9H19BrOSi. The van der Waals surface area contributed by atoms with Crippen molar-refractivity contribution in [2.45, 2.75) is 39.1 Å². The Morgan fingerprint density at radius 3 is 2.33 bits per heavy atom. The number of hydrogen-bond acceptors (Lipinski definition) is 1. The molecule has 0 aliphatic heterocycles. The highest BCUT2D eigenvalue weighted by molar-refractivity contribution is 9.26. The van der Waals surface area contributed by atoms with Crippen LogP contribution in [0.4, 0.5) is 0 Å². The molecule has 0 heterocycles. The summed E-state index contributed by atoms with van der Waals surface area (Å²) >= 11 is 3.74. The lowest BCUT2D eigenvalue weighted by Crippen LogP contribution is -2.37. The van der Waals surface area contributed by atoms with E-state index >= 15 is 0 Å². The Labute approximate surface area is 84.8 Å². The van der Waals surface area contributed by atoms with Gasteiger partial charge in [-0.2, -0.15) is 0 Å². The molecular weight excluding hydrogens is 232 g/mol. The molecule has 0 aromatic heterocycles. The monoisotopic (exact) mass is 250 g/mol. The quantitative estimate of drug-likeness (QED) is 0.413. The first-order chi connectivity index (χ1) is 5.38. The minimum absolute atomic E-state index is 0.397. The molecule has 72 valence electrons. The first kappa shape index (κ1) is 12.4. The molecule has 0 saturated carbocycles. The highest BCUT2D eigenvalue weighted by atomic mass is 79.9. The molecule has 1 atom stereocenters. The van der Waals surface area contributed by atoms with E-state index in [0.29, 0.717) is 12.3 Å². The highest BCUT2D eigenvalue weighted by Crippen LogP contribution is 2.21. The second-order valence-electron chi connectivity index (χ2n) is 3.73. The van der Waals surface area contributed by atoms with E-state index in [-0.39, 0.29) is 0 Å². The van der Waals surface area contributed by atoms with E-state index in [1.54, 1.807) is 0 Å². The predicted octanol–water partition coefficient (Wildman–Crippen LogP) is 3.50. The molecule has 1 nitrogen and oxygen atoms in total. The number of hydrogen-bond donors (Lipinski definition) is 0. The standard InChI is InChI=1S/C9H19BrOSi/c1-6-9(12(4,5)10)11-7-8(2)3/h9H,2,6-7H2,1,3-5H3. The minimum atomic E-state index is -1.30. The van der Waals surface area contributed by atoms with Gasteiger partial charge >= 0.3 is 0 Å². The Kier molecular flexibility index (Phi) is 5.37. The third-order valence-electron chi connectivity index (χ3n) is 1.67. The van der Waals surface area contributed by atoms with Gasteiger partial charge in [-0.1, -0.05) is 32.2 Å². The molecule has 0 fully saturated rings. The molecule has 0 aliphatic rings. The van der Waals surface area contributed by atoms with E-state index in [4.69, 9.17) is 4.74 Å². The van der Waals surface area contributed by atoms with Crippen LogP contribution in [0.3, 0.4) is 0 Å². The van der Waals surface area contributed by atoms with Crippen LogP contribution in [0, 0.1) is 0 Å². The van der Waals surface area contributed by atoms with Gasteiger partial charge in [-0.25, -0.2) is 0 Å². The maximum absolute atomic E-state index is 5.73. The van der Waals surface area contributed by atoms with E-state index in [2.05, 4.69) is 41.9 Å². The van der Waals surface area contributed by atoms with Crippen molar-refractivity contribution in [2.24, 2.45) is 0 Å². The molecule has 0 aromatic carbocycles. The largest absolute Gasteiger partial charge is 0.376 e. The van der Waals surface area contributed by atoms with Crippen molar-refractivity contribution in [3.63, 3.8) is 0 Å². The molecule has 0 bridgehead atoms. The molecule has 0 rings (SSSR count). The van der Waals surface area contributed by atoms with Gasteiger partial charge in [0.1, 0.15) is 0 Å². The van der Waals surface area contributed by atoms with E-state index < -0.39 is 6.69 Å². The van der Waals surface area contributed by atoms with E-state index in [0.717, 1.165) is 12.0 Å². The van der Waals surface area contributed by atoms with Gasteiger partial charge in [0.15, 0.2) is 6.69 Å². The third-order valence-corrected chi connectivity index (χ3v) is 5.31. The molecule has 0 aromatic rings. The maximum atomic E-state index is 5.73. The summed E-state index contributed by atoms with van der Waals surface area (Å²) in [6, 6.07) is 0. The summed E-state index contributed by atoms with van der Waals surface area (Å²) in [7, 11) is 0. The Bertz CT molecular complexity index is 151. The van der Waals surface area contributed by atoms with Crippen molar-refractivity contribution in [1.82, 2.24) is 0 Å². The molecule has 1 unspecified atom stereocenters. The second kappa shape index (κ2) is 5.20. The van der Waals surface area contributed by atoms with Crippen molar-refractivity contribution in [3.8, 4) is 0 Å². The molecule has 0 aliphatic carbocycles. The van der Waals surface area contributed by atoms with Gasteiger partial charge in [0, 0.05) is 0 Å². The Morgan fingerprint density at radius 2 is 2.08 bits per heavy atom. The lowest BCUT2D eigenvalue weighted by molar-refractivity contribution is 0.119. The number of rotatable bonds is 5. The third kappa shape index (κ3) is 5.12. The minimum Gasteiger partial charge on any atom is -0.376 e. The van der Waals surface area contributed by atoms with Crippen molar-refractivity contribution >= 4 is 22.0 Å². The van der Waals surface area contributed by atoms with E-state index in [1.165, 1.54) is 0 Å². The van der Waals surface area contributed by atoms with Gasteiger partial charge in [0.25, 0.3) is 0 Å². The summed E-state index contributed by atoms with van der Waals surface area (Å²) in [5.41, 5.74) is 1.49. The summed E-state index contributed by atoms with van der Waals surface area (Å²) in [5.74, 6) is 0. The van der Waals surface area contributed by atoms with Crippen LogP contribution in [0.1, 0.15) is 20.3 Å². The maximum Gasteiger partial charge on any atom is 0.155 e. The fourth-order valence-electron chi connectivity index (χ4n) is 1.04. The van der Waals surface area contributed by atoms with Gasteiger partial charge in [0.2, 0.25) is 0 Å². The average Bonchev–Trinajstić information content (AvgIpc) is 1.85. The first-order valence-corrected chi connectivity index (χ1v) is 9.66. The Balaban J connectivity index is 3.92. The second-order valence-corrected chi connectivity index (χ2v) is 13.6. The van der Waals surface area contributed by atoms with Crippen LogP contribution >= 0.6 is 15.3 Å². The van der Waals surface area contributed by atoms with Gasteiger partial charge in [0.05, 0.1) is 12.3 Å². The van der Waals surface area contributed by atoms with Crippen LogP contribution in [0.15, 0.2) is 12.2 Å². The fraction of sp³-hybridized carbons (Fsp3) is 0.778. The normalized spacial score (nSPS) is 14.4. The molecule has 0 spiro atoms. The molecule has 0 saturated heterocycles. The molecule has 0 amide bonds. The van der Waals surface area contributed by atoms with E-state index in [1.807, 2.05) is 6.92 Å². The zero-order valence-electron chi connectivity index (χ0n) is 8.48.